The molecule has 5 nitrogen and oxygen atoms in total. The minimum atomic E-state index is -1.13. The van der Waals surface area contributed by atoms with Crippen molar-refractivity contribution in [2.24, 2.45) is 0 Å². The lowest BCUT2D eigenvalue weighted by Crippen LogP contribution is -2.05. The summed E-state index contributed by atoms with van der Waals surface area (Å²) in [6, 6.07) is 2.69. The van der Waals surface area contributed by atoms with Crippen molar-refractivity contribution in [2.45, 2.75) is 6.61 Å². The molecule has 0 spiro atoms. The van der Waals surface area contributed by atoms with Crippen molar-refractivity contribution >= 4 is 11.7 Å². The Kier molecular flexibility index (Phi) is 2.25. The molecule has 0 unspecified atom stereocenters. The summed E-state index contributed by atoms with van der Waals surface area (Å²) in [5.74, 6) is -1.13. The van der Waals surface area contributed by atoms with Gasteiger partial charge in [0, 0.05) is 0 Å². The fourth-order valence-corrected chi connectivity index (χ4v) is 0.758. The molecule has 0 aromatic carbocycles. The van der Waals surface area contributed by atoms with Gasteiger partial charge in [0.25, 0.3) is 0 Å². The Balaban J connectivity index is 3.13. The molecule has 0 aliphatic rings. The molecule has 0 radical (unpaired) electrons. The minimum absolute atomic E-state index is 0.117. The fraction of sp³-hybridized carbons (Fsp3) is 0.143. The maximum atomic E-state index is 10.4. The molecular weight excluding hydrogens is 160 g/mol. The van der Waals surface area contributed by atoms with Crippen LogP contribution >= 0.6 is 0 Å². The molecule has 0 aliphatic carbocycles. The summed E-state index contributed by atoms with van der Waals surface area (Å²) in [6.45, 7) is -0.354. The van der Waals surface area contributed by atoms with Gasteiger partial charge in [-0.15, -0.1) is 0 Å². The molecule has 0 aliphatic heterocycles. The number of carboxylic acid groups (broad SMARTS) is 1. The average molecular weight is 168 g/mol. The summed E-state index contributed by atoms with van der Waals surface area (Å²) in [4.78, 5) is 14.0. The van der Waals surface area contributed by atoms with Crippen LogP contribution in [0.4, 0.5) is 5.69 Å². The molecule has 0 atom stereocenters. The van der Waals surface area contributed by atoms with Gasteiger partial charge in [-0.25, -0.2) is 9.78 Å². The third-order valence-electron chi connectivity index (χ3n) is 1.38. The largest absolute Gasteiger partial charge is 0.477 e. The van der Waals surface area contributed by atoms with Gasteiger partial charge in [-0.3, -0.25) is 0 Å². The molecule has 0 amide bonds. The second-order valence-electron chi connectivity index (χ2n) is 2.20. The number of hydrogen-bond donors (Lipinski definition) is 3. The van der Waals surface area contributed by atoms with Crippen LogP contribution in [-0.4, -0.2) is 21.2 Å². The highest BCUT2D eigenvalue weighted by atomic mass is 16.4. The molecule has 64 valence electrons. The van der Waals surface area contributed by atoms with Crippen LogP contribution in [0.2, 0.25) is 0 Å². The smallest absolute Gasteiger partial charge is 0.354 e. The molecule has 1 heterocycles. The van der Waals surface area contributed by atoms with E-state index in [2.05, 4.69) is 4.98 Å². The van der Waals surface area contributed by atoms with E-state index in [9.17, 15) is 4.79 Å². The van der Waals surface area contributed by atoms with E-state index in [4.69, 9.17) is 15.9 Å². The van der Waals surface area contributed by atoms with Crippen LogP contribution in [-0.2, 0) is 6.61 Å². The van der Waals surface area contributed by atoms with Crippen molar-refractivity contribution in [1.82, 2.24) is 4.98 Å². The second-order valence-corrected chi connectivity index (χ2v) is 2.20. The van der Waals surface area contributed by atoms with E-state index in [1.165, 1.54) is 12.1 Å². The number of aromatic nitrogens is 1. The van der Waals surface area contributed by atoms with E-state index in [1.807, 2.05) is 0 Å². The predicted molar refractivity (Wildman–Crippen MR) is 41.5 cm³/mol. The quantitative estimate of drug-likeness (QED) is 0.570. The molecule has 0 saturated heterocycles. The number of nitrogens with two attached hydrogens (primary N) is 1. The molecule has 0 saturated carbocycles. The Labute approximate surface area is 68.5 Å². The van der Waals surface area contributed by atoms with Crippen LogP contribution in [0.1, 0.15) is 16.2 Å². The lowest BCUT2D eigenvalue weighted by Gasteiger charge is -2.01. The van der Waals surface area contributed by atoms with Gasteiger partial charge >= 0.3 is 5.97 Å². The maximum absolute atomic E-state index is 10.4. The van der Waals surface area contributed by atoms with E-state index in [0.29, 0.717) is 5.69 Å². The number of carbonyl (C=O) groups is 1. The zero-order valence-corrected chi connectivity index (χ0v) is 6.19. The number of pyridine rings is 1. The number of rotatable bonds is 2. The summed E-state index contributed by atoms with van der Waals surface area (Å²) in [5, 5.41) is 17.2. The summed E-state index contributed by atoms with van der Waals surface area (Å²) in [6.07, 6.45) is 0. The highest BCUT2D eigenvalue weighted by molar-refractivity contribution is 5.85. The minimum Gasteiger partial charge on any atom is -0.477 e. The average Bonchev–Trinajstić information content (AvgIpc) is 2.05. The number of carboxylic acids is 1. The summed E-state index contributed by atoms with van der Waals surface area (Å²) < 4.78 is 0. The first-order valence-corrected chi connectivity index (χ1v) is 3.24. The van der Waals surface area contributed by atoms with Gasteiger partial charge < -0.3 is 15.9 Å². The van der Waals surface area contributed by atoms with Crippen molar-refractivity contribution < 1.29 is 15.0 Å². The SMILES string of the molecule is Nc1ccc(C(=O)O)nc1CO. The van der Waals surface area contributed by atoms with Crippen LogP contribution in [0, 0.1) is 0 Å². The van der Waals surface area contributed by atoms with Crippen molar-refractivity contribution in [3.63, 3.8) is 0 Å². The third kappa shape index (κ3) is 1.51. The van der Waals surface area contributed by atoms with Crippen molar-refractivity contribution in [2.75, 3.05) is 5.73 Å². The molecule has 0 fully saturated rings. The Morgan fingerprint density at radius 3 is 2.75 bits per heavy atom. The second kappa shape index (κ2) is 3.19. The first-order valence-electron chi connectivity index (χ1n) is 3.24. The topological polar surface area (TPSA) is 96.4 Å². The van der Waals surface area contributed by atoms with Crippen LogP contribution in [0.5, 0.6) is 0 Å². The van der Waals surface area contributed by atoms with Crippen LogP contribution in [0.15, 0.2) is 12.1 Å². The molecular formula is C7H8N2O3. The van der Waals surface area contributed by atoms with E-state index < -0.39 is 5.97 Å². The molecule has 5 heteroatoms. The fourth-order valence-electron chi connectivity index (χ4n) is 0.758. The highest BCUT2D eigenvalue weighted by Crippen LogP contribution is 2.09. The van der Waals surface area contributed by atoms with Gasteiger partial charge in [0.1, 0.15) is 5.69 Å². The number of aliphatic hydroxyl groups is 1. The van der Waals surface area contributed by atoms with Crippen LogP contribution in [0.3, 0.4) is 0 Å². The summed E-state index contributed by atoms with van der Waals surface area (Å²) in [5.41, 5.74) is 5.75. The van der Waals surface area contributed by atoms with Crippen molar-refractivity contribution in [3.8, 4) is 0 Å². The Morgan fingerprint density at radius 2 is 2.25 bits per heavy atom. The zero-order valence-electron chi connectivity index (χ0n) is 6.19. The van der Waals surface area contributed by atoms with Gasteiger partial charge in [0.15, 0.2) is 0 Å². The number of aromatic carboxylic acids is 1. The molecule has 1 aromatic heterocycles. The number of aliphatic hydroxyl groups excluding tert-OH is 1. The standard InChI is InChI=1S/C7H8N2O3/c8-4-1-2-5(7(11)12)9-6(4)3-10/h1-2,10H,3,8H2,(H,11,12). The number of anilines is 1. The highest BCUT2D eigenvalue weighted by Gasteiger charge is 2.06. The van der Waals surface area contributed by atoms with Crippen LogP contribution in [0.25, 0.3) is 0 Å². The van der Waals surface area contributed by atoms with E-state index in [-0.39, 0.29) is 18.0 Å². The normalized spacial score (nSPS) is 9.75. The summed E-state index contributed by atoms with van der Waals surface area (Å²) in [7, 11) is 0. The van der Waals surface area contributed by atoms with Gasteiger partial charge in [0.05, 0.1) is 18.0 Å². The van der Waals surface area contributed by atoms with Crippen LogP contribution < -0.4 is 5.73 Å². The van der Waals surface area contributed by atoms with Gasteiger partial charge in [0.2, 0.25) is 0 Å². The van der Waals surface area contributed by atoms with E-state index in [1.54, 1.807) is 0 Å². The van der Waals surface area contributed by atoms with Crippen molar-refractivity contribution in [1.29, 1.82) is 0 Å². The third-order valence-corrected chi connectivity index (χ3v) is 1.38. The molecule has 1 rings (SSSR count). The number of hydrogen-bond acceptors (Lipinski definition) is 4. The van der Waals surface area contributed by atoms with Gasteiger partial charge in [-0.05, 0) is 12.1 Å². The van der Waals surface area contributed by atoms with Gasteiger partial charge in [-0.1, -0.05) is 0 Å². The molecule has 0 bridgehead atoms. The number of nitrogens with zero attached hydrogens (tertiary/aromatic N) is 1. The molecule has 4 N–H and O–H groups in total. The number of nitrogen functional groups attached to an aromatic ring is 1. The lowest BCUT2D eigenvalue weighted by molar-refractivity contribution is 0.0690. The van der Waals surface area contributed by atoms with Gasteiger partial charge in [-0.2, -0.15) is 0 Å². The zero-order chi connectivity index (χ0) is 9.14. The Hall–Kier alpha value is -1.62. The predicted octanol–water partition coefficient (Wildman–Crippen LogP) is -0.146. The maximum Gasteiger partial charge on any atom is 0.354 e. The Bertz CT molecular complexity index is 312. The Morgan fingerprint density at radius 1 is 1.58 bits per heavy atom. The van der Waals surface area contributed by atoms with E-state index >= 15 is 0 Å². The monoisotopic (exact) mass is 168 g/mol. The molecule has 12 heavy (non-hydrogen) atoms. The molecule has 1 aromatic rings. The van der Waals surface area contributed by atoms with Crippen molar-refractivity contribution in [3.05, 3.63) is 23.5 Å². The first kappa shape index (κ1) is 8.48. The lowest BCUT2D eigenvalue weighted by atomic mass is 10.2. The first-order chi connectivity index (χ1) is 5.65. The summed E-state index contributed by atoms with van der Waals surface area (Å²) >= 11 is 0. The van der Waals surface area contributed by atoms with E-state index in [0.717, 1.165) is 0 Å².